The number of hydrogen-bond acceptors (Lipinski definition) is 5. The molecule has 9 heteroatoms. The fourth-order valence-electron chi connectivity index (χ4n) is 4.29. The van der Waals surface area contributed by atoms with Crippen LogP contribution in [-0.2, 0) is 14.8 Å². The van der Waals surface area contributed by atoms with E-state index in [1.54, 1.807) is 6.07 Å². The zero-order valence-electron chi connectivity index (χ0n) is 14.9. The van der Waals surface area contributed by atoms with Crippen molar-refractivity contribution in [3.05, 3.63) is 17.0 Å². The second-order valence-corrected chi connectivity index (χ2v) is 10.8. The minimum atomic E-state index is -3.58. The lowest BCUT2D eigenvalue weighted by atomic mass is 10.1. The minimum absolute atomic E-state index is 0. The van der Waals surface area contributed by atoms with E-state index >= 15 is 0 Å². The summed E-state index contributed by atoms with van der Waals surface area (Å²) in [6.07, 6.45) is 4.63. The summed E-state index contributed by atoms with van der Waals surface area (Å²) in [5, 5.41) is 3.57. The van der Waals surface area contributed by atoms with Crippen LogP contribution < -0.4 is 5.32 Å². The van der Waals surface area contributed by atoms with Gasteiger partial charge in [0.15, 0.2) is 0 Å². The van der Waals surface area contributed by atoms with E-state index in [4.69, 9.17) is 0 Å². The SMILES string of the molecule is Cc1ccc(S(=O)(=O)N2CCCC2C(=O)N2CCC3CCC(C2)N3)s1.Cl. The number of nitrogens with zero attached hydrogens (tertiary/aromatic N) is 2. The largest absolute Gasteiger partial charge is 0.340 e. The Bertz CT molecular complexity index is 767. The number of sulfonamides is 1. The summed E-state index contributed by atoms with van der Waals surface area (Å²) in [5.41, 5.74) is 0. The van der Waals surface area contributed by atoms with E-state index in [-0.39, 0.29) is 18.3 Å². The Hall–Kier alpha value is -0.670. The highest BCUT2D eigenvalue weighted by Crippen LogP contribution is 2.31. The van der Waals surface area contributed by atoms with Crippen molar-refractivity contribution in [2.45, 2.75) is 61.4 Å². The predicted octanol–water partition coefficient (Wildman–Crippen LogP) is 1.98. The summed E-state index contributed by atoms with van der Waals surface area (Å²) in [7, 11) is -3.58. The van der Waals surface area contributed by atoms with Crippen molar-refractivity contribution in [1.82, 2.24) is 14.5 Å². The lowest BCUT2D eigenvalue weighted by Crippen LogP contribution is -2.49. The first-order valence-corrected chi connectivity index (χ1v) is 11.3. The molecule has 3 aliphatic heterocycles. The van der Waals surface area contributed by atoms with E-state index in [9.17, 15) is 13.2 Å². The van der Waals surface area contributed by atoms with Gasteiger partial charge in [0.2, 0.25) is 5.91 Å². The molecule has 1 aromatic heterocycles. The number of nitrogens with one attached hydrogen (secondary N) is 1. The van der Waals surface area contributed by atoms with Gasteiger partial charge in [0.05, 0.1) is 0 Å². The van der Waals surface area contributed by atoms with Gasteiger partial charge >= 0.3 is 0 Å². The van der Waals surface area contributed by atoms with Crippen LogP contribution in [0.2, 0.25) is 0 Å². The van der Waals surface area contributed by atoms with Crippen LogP contribution in [0.5, 0.6) is 0 Å². The summed E-state index contributed by atoms with van der Waals surface area (Å²) < 4.78 is 27.8. The van der Waals surface area contributed by atoms with E-state index in [2.05, 4.69) is 5.32 Å². The second-order valence-electron chi connectivity index (χ2n) is 7.35. The molecular formula is C17H26ClN3O3S2. The zero-order chi connectivity index (χ0) is 17.6. The topological polar surface area (TPSA) is 69.7 Å². The molecule has 3 fully saturated rings. The molecular weight excluding hydrogens is 394 g/mol. The normalized spacial score (nSPS) is 29.4. The van der Waals surface area contributed by atoms with Crippen LogP contribution in [0.25, 0.3) is 0 Å². The zero-order valence-corrected chi connectivity index (χ0v) is 17.3. The Morgan fingerprint density at radius 2 is 1.92 bits per heavy atom. The highest BCUT2D eigenvalue weighted by atomic mass is 35.5. The summed E-state index contributed by atoms with van der Waals surface area (Å²) in [4.78, 5) is 16.0. The van der Waals surface area contributed by atoms with Gasteiger partial charge in [0.25, 0.3) is 10.0 Å². The molecule has 3 aliphatic rings. The highest BCUT2D eigenvalue weighted by Gasteiger charge is 2.43. The highest BCUT2D eigenvalue weighted by molar-refractivity contribution is 7.91. The fourth-order valence-corrected chi connectivity index (χ4v) is 7.36. The third kappa shape index (κ3) is 3.67. The summed E-state index contributed by atoms with van der Waals surface area (Å²) in [6.45, 7) is 3.77. The number of carbonyl (C=O) groups is 1. The number of hydrogen-bond donors (Lipinski definition) is 1. The molecule has 4 rings (SSSR count). The molecule has 146 valence electrons. The minimum Gasteiger partial charge on any atom is -0.340 e. The van der Waals surface area contributed by atoms with Gasteiger partial charge < -0.3 is 10.2 Å². The van der Waals surface area contributed by atoms with Gasteiger partial charge in [-0.05, 0) is 51.2 Å². The molecule has 3 saturated heterocycles. The Balaban J connectivity index is 0.00000196. The lowest BCUT2D eigenvalue weighted by molar-refractivity contribution is -0.134. The Morgan fingerprint density at radius 3 is 2.65 bits per heavy atom. The van der Waals surface area contributed by atoms with Crippen molar-refractivity contribution in [3.8, 4) is 0 Å². The number of likely N-dealkylation sites (tertiary alicyclic amines) is 1. The third-order valence-electron chi connectivity index (χ3n) is 5.60. The third-order valence-corrected chi connectivity index (χ3v) is 8.98. The van der Waals surface area contributed by atoms with Crippen LogP contribution in [0.3, 0.4) is 0 Å². The second kappa shape index (κ2) is 7.75. The van der Waals surface area contributed by atoms with E-state index in [0.29, 0.717) is 35.8 Å². The molecule has 3 unspecified atom stereocenters. The van der Waals surface area contributed by atoms with E-state index in [1.807, 2.05) is 17.9 Å². The van der Waals surface area contributed by atoms with Crippen LogP contribution >= 0.6 is 23.7 Å². The molecule has 1 aromatic rings. The first-order chi connectivity index (χ1) is 11.9. The van der Waals surface area contributed by atoms with E-state index < -0.39 is 16.1 Å². The number of thiophene rings is 1. The number of halogens is 1. The molecule has 0 aromatic carbocycles. The predicted molar refractivity (Wildman–Crippen MR) is 104 cm³/mol. The monoisotopic (exact) mass is 419 g/mol. The molecule has 2 bridgehead atoms. The van der Waals surface area contributed by atoms with Gasteiger partial charge in [-0.15, -0.1) is 23.7 Å². The van der Waals surface area contributed by atoms with Crippen LogP contribution in [0.4, 0.5) is 0 Å². The molecule has 0 radical (unpaired) electrons. The molecule has 6 nitrogen and oxygen atoms in total. The van der Waals surface area contributed by atoms with Crippen LogP contribution in [-0.4, -0.2) is 61.3 Å². The van der Waals surface area contributed by atoms with Crippen molar-refractivity contribution in [3.63, 3.8) is 0 Å². The Labute approximate surface area is 165 Å². The van der Waals surface area contributed by atoms with Crippen molar-refractivity contribution in [2.75, 3.05) is 19.6 Å². The molecule has 4 heterocycles. The maximum absolute atomic E-state index is 13.1. The van der Waals surface area contributed by atoms with Gasteiger partial charge in [-0.25, -0.2) is 8.42 Å². The van der Waals surface area contributed by atoms with Crippen LogP contribution in [0, 0.1) is 6.92 Å². The van der Waals surface area contributed by atoms with E-state index in [1.165, 1.54) is 22.1 Å². The van der Waals surface area contributed by atoms with Gasteiger partial charge in [0, 0.05) is 36.6 Å². The molecule has 26 heavy (non-hydrogen) atoms. The first-order valence-electron chi connectivity index (χ1n) is 9.08. The quantitative estimate of drug-likeness (QED) is 0.813. The lowest BCUT2D eigenvalue weighted by Gasteiger charge is -2.30. The van der Waals surface area contributed by atoms with E-state index in [0.717, 1.165) is 30.7 Å². The van der Waals surface area contributed by atoms with Gasteiger partial charge in [-0.1, -0.05) is 0 Å². The van der Waals surface area contributed by atoms with Gasteiger partial charge in [0.1, 0.15) is 10.3 Å². The average Bonchev–Trinajstić information content (AvgIpc) is 3.26. The fraction of sp³-hybridized carbons (Fsp3) is 0.706. The summed E-state index contributed by atoms with van der Waals surface area (Å²) in [6, 6.07) is 3.82. The molecule has 0 spiro atoms. The maximum Gasteiger partial charge on any atom is 0.253 e. The van der Waals surface area contributed by atoms with Crippen molar-refractivity contribution >= 4 is 39.7 Å². The molecule has 0 saturated carbocycles. The molecule has 3 atom stereocenters. The molecule has 1 N–H and O–H groups in total. The van der Waals surface area contributed by atoms with Crippen molar-refractivity contribution < 1.29 is 13.2 Å². The van der Waals surface area contributed by atoms with Crippen molar-refractivity contribution in [1.29, 1.82) is 0 Å². The summed E-state index contributed by atoms with van der Waals surface area (Å²) in [5.74, 6) is -0.0105. The average molecular weight is 420 g/mol. The first kappa shape index (κ1) is 20.1. The number of fused-ring (bicyclic) bond motifs is 2. The van der Waals surface area contributed by atoms with Crippen molar-refractivity contribution in [2.24, 2.45) is 0 Å². The van der Waals surface area contributed by atoms with Crippen LogP contribution in [0.1, 0.15) is 37.0 Å². The smallest absolute Gasteiger partial charge is 0.253 e. The van der Waals surface area contributed by atoms with Crippen LogP contribution in [0.15, 0.2) is 16.3 Å². The number of aryl methyl sites for hydroxylation is 1. The maximum atomic E-state index is 13.1. The number of amides is 1. The summed E-state index contributed by atoms with van der Waals surface area (Å²) >= 11 is 1.28. The molecule has 0 aliphatic carbocycles. The van der Waals surface area contributed by atoms with Gasteiger partial charge in [-0.2, -0.15) is 4.31 Å². The molecule has 1 amide bonds. The Kier molecular flexibility index (Phi) is 5.99. The number of carbonyl (C=O) groups excluding carboxylic acids is 1. The number of rotatable bonds is 3. The Morgan fingerprint density at radius 1 is 1.15 bits per heavy atom. The standard InChI is InChI=1S/C17H25N3O3S2.ClH/c1-12-4-7-16(24-12)25(22,23)20-9-2-3-15(20)17(21)19-10-8-13-5-6-14(11-19)18-13;/h4,7,13-15,18H,2-3,5-6,8-11H2,1H3;1H. The van der Waals surface area contributed by atoms with Gasteiger partial charge in [-0.3, -0.25) is 4.79 Å².